The number of hydrogen-bond acceptors (Lipinski definition) is 4. The Balaban J connectivity index is 2.44. The molecule has 5 heteroatoms. The lowest BCUT2D eigenvalue weighted by atomic mass is 10.2. The van der Waals surface area contributed by atoms with Crippen LogP contribution < -0.4 is 0 Å². The Morgan fingerprint density at radius 1 is 1.28 bits per heavy atom. The number of aliphatic hydroxyl groups is 1. The SMILES string of the molecule is C[C@H](O)CN1CCCN(C(=O)OC(C)(C)C)CC1. The average molecular weight is 258 g/mol. The molecule has 0 saturated carbocycles. The van der Waals surface area contributed by atoms with Crippen LogP contribution in [0.4, 0.5) is 4.79 Å². The van der Waals surface area contributed by atoms with Gasteiger partial charge in [0.25, 0.3) is 0 Å². The molecule has 1 fully saturated rings. The highest BCUT2D eigenvalue weighted by atomic mass is 16.6. The fraction of sp³-hybridized carbons (Fsp3) is 0.923. The molecule has 0 radical (unpaired) electrons. The molecule has 0 aromatic heterocycles. The Kier molecular flexibility index (Phi) is 5.41. The predicted molar refractivity (Wildman–Crippen MR) is 70.5 cm³/mol. The van der Waals surface area contributed by atoms with E-state index in [1.165, 1.54) is 0 Å². The second-order valence-corrected chi connectivity index (χ2v) is 5.97. The summed E-state index contributed by atoms with van der Waals surface area (Å²) in [6.07, 6.45) is 0.367. The largest absolute Gasteiger partial charge is 0.444 e. The molecule has 0 spiro atoms. The Hall–Kier alpha value is -0.810. The molecule has 1 heterocycles. The van der Waals surface area contributed by atoms with Crippen LogP contribution in [-0.4, -0.2) is 65.4 Å². The van der Waals surface area contributed by atoms with Gasteiger partial charge in [-0.1, -0.05) is 0 Å². The van der Waals surface area contributed by atoms with Gasteiger partial charge in [-0.2, -0.15) is 0 Å². The zero-order valence-corrected chi connectivity index (χ0v) is 12.0. The van der Waals surface area contributed by atoms with Gasteiger partial charge in [-0.25, -0.2) is 4.79 Å². The van der Waals surface area contributed by atoms with E-state index in [1.807, 2.05) is 20.8 Å². The fourth-order valence-electron chi connectivity index (χ4n) is 2.04. The molecule has 0 unspecified atom stereocenters. The Labute approximate surface area is 110 Å². The van der Waals surface area contributed by atoms with E-state index in [4.69, 9.17) is 4.74 Å². The first-order valence-electron chi connectivity index (χ1n) is 6.66. The number of β-amino-alcohol motifs (C(OH)–C–C–N with tert-alkyl or cyclic N) is 1. The van der Waals surface area contributed by atoms with E-state index < -0.39 is 5.60 Å². The van der Waals surface area contributed by atoms with Crippen molar-refractivity contribution in [2.45, 2.75) is 45.8 Å². The highest BCUT2D eigenvalue weighted by molar-refractivity contribution is 5.68. The van der Waals surface area contributed by atoms with E-state index in [0.717, 1.165) is 26.1 Å². The Morgan fingerprint density at radius 2 is 1.94 bits per heavy atom. The smallest absolute Gasteiger partial charge is 0.410 e. The summed E-state index contributed by atoms with van der Waals surface area (Å²) in [5.41, 5.74) is -0.442. The minimum Gasteiger partial charge on any atom is -0.444 e. The first-order chi connectivity index (χ1) is 8.28. The van der Waals surface area contributed by atoms with Gasteiger partial charge in [-0.15, -0.1) is 0 Å². The van der Waals surface area contributed by atoms with Gasteiger partial charge in [-0.05, 0) is 40.7 Å². The van der Waals surface area contributed by atoms with Gasteiger partial charge in [0.05, 0.1) is 6.10 Å². The molecule has 1 amide bonds. The number of nitrogens with zero attached hydrogens (tertiary/aromatic N) is 2. The van der Waals surface area contributed by atoms with Gasteiger partial charge in [0, 0.05) is 26.2 Å². The van der Waals surface area contributed by atoms with Crippen LogP contribution in [0.5, 0.6) is 0 Å². The van der Waals surface area contributed by atoms with Crippen LogP contribution in [0.15, 0.2) is 0 Å². The standard InChI is InChI=1S/C13H26N2O3/c1-11(16)10-14-6-5-7-15(9-8-14)12(17)18-13(2,3)4/h11,16H,5-10H2,1-4H3/t11-/m0/s1. The molecule has 0 aliphatic carbocycles. The van der Waals surface area contributed by atoms with Crippen LogP contribution >= 0.6 is 0 Å². The summed E-state index contributed by atoms with van der Waals surface area (Å²) in [6, 6.07) is 0. The molecule has 1 N–H and O–H groups in total. The van der Waals surface area contributed by atoms with Gasteiger partial charge < -0.3 is 14.7 Å². The van der Waals surface area contributed by atoms with E-state index >= 15 is 0 Å². The number of ether oxygens (including phenoxy) is 1. The molecule has 1 saturated heterocycles. The lowest BCUT2D eigenvalue weighted by molar-refractivity contribution is 0.0256. The summed E-state index contributed by atoms with van der Waals surface area (Å²) in [5, 5.41) is 9.38. The Morgan fingerprint density at radius 3 is 2.50 bits per heavy atom. The number of carbonyl (C=O) groups excluding carboxylic acids is 1. The average Bonchev–Trinajstić information content (AvgIpc) is 2.39. The van der Waals surface area contributed by atoms with E-state index in [0.29, 0.717) is 13.1 Å². The zero-order chi connectivity index (χ0) is 13.8. The third-order valence-corrected chi connectivity index (χ3v) is 2.76. The maximum Gasteiger partial charge on any atom is 0.410 e. The molecule has 1 atom stereocenters. The van der Waals surface area contributed by atoms with Crippen molar-refractivity contribution in [1.82, 2.24) is 9.80 Å². The molecule has 5 nitrogen and oxygen atoms in total. The van der Waals surface area contributed by atoms with Crippen LogP contribution in [0.25, 0.3) is 0 Å². The van der Waals surface area contributed by atoms with Crippen molar-refractivity contribution in [2.75, 3.05) is 32.7 Å². The Bertz CT molecular complexity index is 274. The number of amides is 1. The topological polar surface area (TPSA) is 53.0 Å². The molecule has 106 valence electrons. The first kappa shape index (κ1) is 15.2. The van der Waals surface area contributed by atoms with Crippen LogP contribution in [0.3, 0.4) is 0 Å². The van der Waals surface area contributed by atoms with Crippen LogP contribution in [-0.2, 0) is 4.74 Å². The van der Waals surface area contributed by atoms with Crippen molar-refractivity contribution in [2.24, 2.45) is 0 Å². The van der Waals surface area contributed by atoms with E-state index in [1.54, 1.807) is 11.8 Å². The molecular weight excluding hydrogens is 232 g/mol. The van der Waals surface area contributed by atoms with Gasteiger partial charge in [0.1, 0.15) is 5.60 Å². The van der Waals surface area contributed by atoms with Crippen LogP contribution in [0.2, 0.25) is 0 Å². The van der Waals surface area contributed by atoms with Crippen LogP contribution in [0.1, 0.15) is 34.1 Å². The predicted octanol–water partition coefficient (Wildman–Crippen LogP) is 1.31. The van der Waals surface area contributed by atoms with Gasteiger partial charge >= 0.3 is 6.09 Å². The monoisotopic (exact) mass is 258 g/mol. The summed E-state index contributed by atoms with van der Waals surface area (Å²) in [4.78, 5) is 15.9. The second-order valence-electron chi connectivity index (χ2n) is 5.97. The summed E-state index contributed by atoms with van der Waals surface area (Å²) in [5.74, 6) is 0. The van der Waals surface area contributed by atoms with Crippen molar-refractivity contribution in [1.29, 1.82) is 0 Å². The highest BCUT2D eigenvalue weighted by Crippen LogP contribution is 2.12. The molecule has 1 aliphatic rings. The maximum absolute atomic E-state index is 11.9. The molecule has 1 aliphatic heterocycles. The van der Waals surface area contributed by atoms with Crippen molar-refractivity contribution in [3.63, 3.8) is 0 Å². The number of carbonyl (C=O) groups is 1. The zero-order valence-electron chi connectivity index (χ0n) is 12.0. The summed E-state index contributed by atoms with van der Waals surface area (Å²) < 4.78 is 5.37. The molecule has 0 bridgehead atoms. The highest BCUT2D eigenvalue weighted by Gasteiger charge is 2.24. The van der Waals surface area contributed by atoms with Gasteiger partial charge in [0.2, 0.25) is 0 Å². The lowest BCUT2D eigenvalue weighted by Gasteiger charge is -2.26. The third-order valence-electron chi connectivity index (χ3n) is 2.76. The number of hydrogen-bond donors (Lipinski definition) is 1. The van der Waals surface area contributed by atoms with E-state index in [-0.39, 0.29) is 12.2 Å². The van der Waals surface area contributed by atoms with E-state index in [9.17, 15) is 9.90 Å². The quantitative estimate of drug-likeness (QED) is 0.811. The second kappa shape index (κ2) is 6.38. The van der Waals surface area contributed by atoms with E-state index in [2.05, 4.69) is 4.90 Å². The minimum absolute atomic E-state index is 0.235. The third kappa shape index (κ3) is 5.69. The van der Waals surface area contributed by atoms with Crippen molar-refractivity contribution >= 4 is 6.09 Å². The first-order valence-corrected chi connectivity index (χ1v) is 6.66. The molecule has 0 aromatic carbocycles. The summed E-state index contributed by atoms with van der Waals surface area (Å²) in [7, 11) is 0. The van der Waals surface area contributed by atoms with Crippen molar-refractivity contribution in [3.8, 4) is 0 Å². The molecule has 0 aromatic rings. The normalized spacial score (nSPS) is 20.4. The van der Waals surface area contributed by atoms with Crippen LogP contribution in [0, 0.1) is 0 Å². The van der Waals surface area contributed by atoms with Gasteiger partial charge in [0.15, 0.2) is 0 Å². The fourth-order valence-corrected chi connectivity index (χ4v) is 2.04. The minimum atomic E-state index is -0.442. The number of aliphatic hydroxyl groups excluding tert-OH is 1. The summed E-state index contributed by atoms with van der Waals surface area (Å²) >= 11 is 0. The maximum atomic E-state index is 11.9. The molecule has 1 rings (SSSR count). The molecule has 18 heavy (non-hydrogen) atoms. The lowest BCUT2D eigenvalue weighted by Crippen LogP contribution is -2.39. The van der Waals surface area contributed by atoms with Gasteiger partial charge in [-0.3, -0.25) is 4.90 Å². The van der Waals surface area contributed by atoms with Crippen molar-refractivity contribution < 1.29 is 14.6 Å². The number of rotatable bonds is 2. The summed E-state index contributed by atoms with van der Waals surface area (Å²) in [6.45, 7) is 11.2. The molecular formula is C13H26N2O3. The van der Waals surface area contributed by atoms with Crippen molar-refractivity contribution in [3.05, 3.63) is 0 Å².